The van der Waals surface area contributed by atoms with Gasteiger partial charge in [-0.1, -0.05) is 0 Å². The summed E-state index contributed by atoms with van der Waals surface area (Å²) < 4.78 is 0. The van der Waals surface area contributed by atoms with E-state index in [4.69, 9.17) is 0 Å². The summed E-state index contributed by atoms with van der Waals surface area (Å²) in [6.07, 6.45) is 3.04. The Kier molecular flexibility index (Phi) is 5.07. The zero-order chi connectivity index (χ0) is 10.4. The number of thiazole rings is 1. The molecule has 0 bridgehead atoms. The normalized spacial score (nSPS) is 13.4. The van der Waals surface area contributed by atoms with Gasteiger partial charge in [0.1, 0.15) is 5.01 Å². The summed E-state index contributed by atoms with van der Waals surface area (Å²) >= 11 is 1.71. The van der Waals surface area contributed by atoms with Gasteiger partial charge in [-0.25, -0.2) is 4.98 Å². The molecule has 1 atom stereocenters. The average Bonchev–Trinajstić information content (AvgIpc) is 2.64. The number of hydrogen-bond acceptors (Lipinski definition) is 4. The second-order valence-electron chi connectivity index (χ2n) is 3.70. The minimum absolute atomic E-state index is 0.386. The Balaban J connectivity index is 2.13. The summed E-state index contributed by atoms with van der Waals surface area (Å²) in [7, 11) is 4.20. The molecule has 0 fully saturated rings. The van der Waals surface area contributed by atoms with Gasteiger partial charge in [-0.05, 0) is 40.5 Å². The molecule has 0 amide bonds. The van der Waals surface area contributed by atoms with Crippen LogP contribution in [-0.2, 0) is 0 Å². The van der Waals surface area contributed by atoms with Crippen LogP contribution in [0.25, 0.3) is 0 Å². The van der Waals surface area contributed by atoms with Crippen molar-refractivity contribution in [1.29, 1.82) is 0 Å². The monoisotopic (exact) mass is 213 g/mol. The molecular formula is C10H19N3S. The summed E-state index contributed by atoms with van der Waals surface area (Å²) in [5, 5.41) is 6.66. The smallest absolute Gasteiger partial charge is 0.109 e. The van der Waals surface area contributed by atoms with Crippen LogP contribution in [0.2, 0.25) is 0 Å². The van der Waals surface area contributed by atoms with Gasteiger partial charge in [0.2, 0.25) is 0 Å². The van der Waals surface area contributed by atoms with Crippen molar-refractivity contribution in [2.24, 2.45) is 0 Å². The zero-order valence-electron chi connectivity index (χ0n) is 9.16. The molecule has 0 spiro atoms. The van der Waals surface area contributed by atoms with Crippen LogP contribution in [0.5, 0.6) is 0 Å². The molecule has 1 unspecified atom stereocenters. The lowest BCUT2D eigenvalue weighted by Gasteiger charge is -2.13. The third-order valence-electron chi connectivity index (χ3n) is 2.05. The van der Waals surface area contributed by atoms with Crippen molar-refractivity contribution in [3.8, 4) is 0 Å². The summed E-state index contributed by atoms with van der Waals surface area (Å²) in [5.41, 5.74) is 0. The molecule has 0 radical (unpaired) electrons. The first-order chi connectivity index (χ1) is 6.70. The van der Waals surface area contributed by atoms with Crippen molar-refractivity contribution in [3.63, 3.8) is 0 Å². The standard InChI is InChI=1S/C10H19N3S/c1-9(10-12-6-8-14-10)11-5-4-7-13(2)3/h6,8-9,11H,4-5,7H2,1-3H3. The largest absolute Gasteiger partial charge is 0.309 e. The van der Waals surface area contributed by atoms with Crippen molar-refractivity contribution in [2.45, 2.75) is 19.4 Å². The van der Waals surface area contributed by atoms with E-state index < -0.39 is 0 Å². The van der Waals surface area contributed by atoms with Crippen LogP contribution >= 0.6 is 11.3 Å². The maximum Gasteiger partial charge on any atom is 0.109 e. The van der Waals surface area contributed by atoms with Crippen LogP contribution < -0.4 is 5.32 Å². The molecule has 0 aliphatic carbocycles. The van der Waals surface area contributed by atoms with E-state index >= 15 is 0 Å². The van der Waals surface area contributed by atoms with Crippen molar-refractivity contribution >= 4 is 11.3 Å². The predicted molar refractivity (Wildman–Crippen MR) is 61.7 cm³/mol. The van der Waals surface area contributed by atoms with Crippen molar-refractivity contribution in [3.05, 3.63) is 16.6 Å². The lowest BCUT2D eigenvalue weighted by atomic mass is 10.3. The Morgan fingerprint density at radius 2 is 2.36 bits per heavy atom. The summed E-state index contributed by atoms with van der Waals surface area (Å²) in [4.78, 5) is 6.48. The second kappa shape index (κ2) is 6.11. The van der Waals surface area contributed by atoms with E-state index in [0.717, 1.165) is 13.1 Å². The highest BCUT2D eigenvalue weighted by molar-refractivity contribution is 7.09. The first-order valence-electron chi connectivity index (χ1n) is 4.97. The van der Waals surface area contributed by atoms with Gasteiger partial charge < -0.3 is 10.2 Å². The molecule has 3 nitrogen and oxygen atoms in total. The Bertz CT molecular complexity index is 234. The summed E-state index contributed by atoms with van der Waals surface area (Å²) in [6.45, 7) is 4.35. The molecule has 0 aliphatic heterocycles. The van der Waals surface area contributed by atoms with Crippen LogP contribution in [0, 0.1) is 0 Å². The zero-order valence-corrected chi connectivity index (χ0v) is 9.97. The van der Waals surface area contributed by atoms with E-state index in [2.05, 4.69) is 36.2 Å². The fourth-order valence-electron chi connectivity index (χ4n) is 1.25. The molecule has 4 heteroatoms. The lowest BCUT2D eigenvalue weighted by Crippen LogP contribution is -2.23. The summed E-state index contributed by atoms with van der Waals surface area (Å²) in [5.74, 6) is 0. The molecule has 1 N–H and O–H groups in total. The van der Waals surface area contributed by atoms with Crippen LogP contribution in [0.3, 0.4) is 0 Å². The van der Waals surface area contributed by atoms with E-state index in [9.17, 15) is 0 Å². The maximum absolute atomic E-state index is 4.28. The van der Waals surface area contributed by atoms with Crippen LogP contribution in [0.1, 0.15) is 24.4 Å². The average molecular weight is 213 g/mol. The van der Waals surface area contributed by atoms with E-state index in [1.54, 1.807) is 11.3 Å². The molecule has 0 aliphatic rings. The molecule has 80 valence electrons. The van der Waals surface area contributed by atoms with Gasteiger partial charge >= 0.3 is 0 Å². The third kappa shape index (κ3) is 4.17. The van der Waals surface area contributed by atoms with Crippen LogP contribution in [-0.4, -0.2) is 37.1 Å². The van der Waals surface area contributed by atoms with Crippen molar-refractivity contribution in [2.75, 3.05) is 27.2 Å². The van der Waals surface area contributed by atoms with E-state index in [0.29, 0.717) is 6.04 Å². The first-order valence-corrected chi connectivity index (χ1v) is 5.85. The Labute approximate surface area is 90.2 Å². The number of nitrogens with one attached hydrogen (secondary N) is 1. The van der Waals surface area contributed by atoms with Crippen molar-refractivity contribution in [1.82, 2.24) is 15.2 Å². The van der Waals surface area contributed by atoms with Gasteiger partial charge in [0.25, 0.3) is 0 Å². The number of nitrogens with zero attached hydrogens (tertiary/aromatic N) is 2. The molecular weight excluding hydrogens is 194 g/mol. The third-order valence-corrected chi connectivity index (χ3v) is 3.01. The van der Waals surface area contributed by atoms with Gasteiger partial charge in [0.15, 0.2) is 0 Å². The topological polar surface area (TPSA) is 28.2 Å². The fraction of sp³-hybridized carbons (Fsp3) is 0.700. The number of hydrogen-bond donors (Lipinski definition) is 1. The summed E-state index contributed by atoms with van der Waals surface area (Å²) in [6, 6.07) is 0.386. The number of aromatic nitrogens is 1. The van der Waals surface area contributed by atoms with Gasteiger partial charge in [0.05, 0.1) is 6.04 Å². The molecule has 1 aromatic heterocycles. The first kappa shape index (κ1) is 11.6. The van der Waals surface area contributed by atoms with Gasteiger partial charge in [-0.15, -0.1) is 11.3 Å². The molecule has 0 aromatic carbocycles. The van der Waals surface area contributed by atoms with E-state index in [1.807, 2.05) is 11.6 Å². The van der Waals surface area contributed by atoms with Gasteiger partial charge in [-0.2, -0.15) is 0 Å². The van der Waals surface area contributed by atoms with Crippen LogP contribution in [0.15, 0.2) is 11.6 Å². The highest BCUT2D eigenvalue weighted by Crippen LogP contribution is 2.14. The molecule has 0 saturated heterocycles. The lowest BCUT2D eigenvalue weighted by molar-refractivity contribution is 0.389. The molecule has 14 heavy (non-hydrogen) atoms. The van der Waals surface area contributed by atoms with Crippen LogP contribution in [0.4, 0.5) is 0 Å². The molecule has 1 rings (SSSR count). The highest BCUT2D eigenvalue weighted by Gasteiger charge is 2.05. The molecule has 0 saturated carbocycles. The minimum atomic E-state index is 0.386. The molecule has 1 aromatic rings. The quantitative estimate of drug-likeness (QED) is 0.730. The maximum atomic E-state index is 4.28. The Morgan fingerprint density at radius 3 is 2.93 bits per heavy atom. The van der Waals surface area contributed by atoms with E-state index in [-0.39, 0.29) is 0 Å². The highest BCUT2D eigenvalue weighted by atomic mass is 32.1. The fourth-order valence-corrected chi connectivity index (χ4v) is 1.92. The van der Waals surface area contributed by atoms with E-state index in [1.165, 1.54) is 11.4 Å². The van der Waals surface area contributed by atoms with Gasteiger partial charge in [-0.3, -0.25) is 0 Å². The SMILES string of the molecule is CC(NCCCN(C)C)c1nccs1. The molecule has 1 heterocycles. The predicted octanol–water partition coefficient (Wildman–Crippen LogP) is 1.75. The Morgan fingerprint density at radius 1 is 1.57 bits per heavy atom. The minimum Gasteiger partial charge on any atom is -0.309 e. The van der Waals surface area contributed by atoms with Gasteiger partial charge in [0, 0.05) is 11.6 Å². The second-order valence-corrected chi connectivity index (χ2v) is 4.63. The number of rotatable bonds is 6. The Hall–Kier alpha value is -0.450. The van der Waals surface area contributed by atoms with Crippen molar-refractivity contribution < 1.29 is 0 Å².